The number of rotatable bonds is 3. The van der Waals surface area contributed by atoms with Crippen molar-refractivity contribution in [2.75, 3.05) is 7.11 Å². The van der Waals surface area contributed by atoms with E-state index in [-0.39, 0.29) is 11.3 Å². The Morgan fingerprint density at radius 1 is 1.22 bits per heavy atom. The van der Waals surface area contributed by atoms with E-state index in [0.29, 0.717) is 12.0 Å². The number of aromatic nitrogens is 1. The van der Waals surface area contributed by atoms with E-state index in [9.17, 15) is 14.0 Å². The number of aldehydes is 1. The Hall–Kier alpha value is -2.43. The second kappa shape index (κ2) is 4.83. The highest BCUT2D eigenvalue weighted by Crippen LogP contribution is 2.14. The molecule has 2 rings (SSSR count). The van der Waals surface area contributed by atoms with Crippen molar-refractivity contribution in [2.45, 2.75) is 0 Å². The predicted octanol–water partition coefficient (Wildman–Crippen LogP) is 1.80. The second-order valence-electron chi connectivity index (χ2n) is 3.57. The zero-order valence-corrected chi connectivity index (χ0v) is 9.59. The van der Waals surface area contributed by atoms with Gasteiger partial charge in [-0.1, -0.05) is 0 Å². The molecule has 0 unspecified atom stereocenters. The van der Waals surface area contributed by atoms with Crippen molar-refractivity contribution < 1.29 is 13.9 Å². The molecule has 0 spiro atoms. The summed E-state index contributed by atoms with van der Waals surface area (Å²) in [7, 11) is 1.38. The highest BCUT2D eigenvalue weighted by atomic mass is 19.1. The normalized spacial score (nSPS) is 10.1. The van der Waals surface area contributed by atoms with Gasteiger partial charge in [0.25, 0.3) is 5.56 Å². The number of methoxy groups -OCH3 is 1. The van der Waals surface area contributed by atoms with Gasteiger partial charge in [-0.25, -0.2) is 4.39 Å². The van der Waals surface area contributed by atoms with Gasteiger partial charge in [-0.3, -0.25) is 14.2 Å². The Bertz CT molecular complexity index is 632. The summed E-state index contributed by atoms with van der Waals surface area (Å²) in [6.45, 7) is 0. The first-order valence-electron chi connectivity index (χ1n) is 5.18. The van der Waals surface area contributed by atoms with Crippen LogP contribution in [0, 0.1) is 5.82 Å². The molecule has 0 radical (unpaired) electrons. The van der Waals surface area contributed by atoms with E-state index in [1.807, 2.05) is 0 Å². The molecule has 1 heterocycles. The number of halogens is 1. The molecule has 0 aliphatic heterocycles. The molecule has 0 fully saturated rings. The standard InChI is InChI=1S/C13H10FNO3/c1-18-12-6-7-15(13(17)11(12)8-16)10-4-2-9(14)3-5-10/h2-8H,1H3. The summed E-state index contributed by atoms with van der Waals surface area (Å²) in [5.41, 5.74) is -0.0903. The summed E-state index contributed by atoms with van der Waals surface area (Å²) in [5, 5.41) is 0. The van der Waals surface area contributed by atoms with E-state index >= 15 is 0 Å². The van der Waals surface area contributed by atoms with Gasteiger partial charge in [0.2, 0.25) is 0 Å². The lowest BCUT2D eigenvalue weighted by Crippen LogP contribution is -2.22. The van der Waals surface area contributed by atoms with Crippen LogP contribution in [-0.2, 0) is 0 Å². The van der Waals surface area contributed by atoms with Gasteiger partial charge < -0.3 is 4.74 Å². The quantitative estimate of drug-likeness (QED) is 0.777. The molecule has 0 bridgehead atoms. The van der Waals surface area contributed by atoms with Gasteiger partial charge in [0.15, 0.2) is 6.29 Å². The van der Waals surface area contributed by atoms with Crippen LogP contribution in [0.2, 0.25) is 0 Å². The maximum atomic E-state index is 12.8. The molecule has 0 atom stereocenters. The zero-order chi connectivity index (χ0) is 13.1. The highest BCUT2D eigenvalue weighted by Gasteiger charge is 2.10. The summed E-state index contributed by atoms with van der Waals surface area (Å²) in [5.74, 6) is -0.177. The zero-order valence-electron chi connectivity index (χ0n) is 9.59. The lowest BCUT2D eigenvalue weighted by molar-refractivity contribution is 0.111. The predicted molar refractivity (Wildman–Crippen MR) is 63.9 cm³/mol. The molecule has 0 saturated carbocycles. The number of benzene rings is 1. The van der Waals surface area contributed by atoms with Crippen LogP contribution in [0.5, 0.6) is 5.75 Å². The first-order chi connectivity index (χ1) is 8.67. The first-order valence-corrected chi connectivity index (χ1v) is 5.18. The fourth-order valence-electron chi connectivity index (χ4n) is 1.63. The molecule has 2 aromatic rings. The van der Waals surface area contributed by atoms with E-state index in [1.165, 1.54) is 48.2 Å². The summed E-state index contributed by atoms with van der Waals surface area (Å²) in [6, 6.07) is 6.91. The van der Waals surface area contributed by atoms with Crippen molar-refractivity contribution >= 4 is 6.29 Å². The SMILES string of the molecule is COc1ccn(-c2ccc(F)cc2)c(=O)c1C=O. The van der Waals surface area contributed by atoms with Crippen LogP contribution in [0.25, 0.3) is 5.69 Å². The maximum absolute atomic E-state index is 12.8. The average molecular weight is 247 g/mol. The van der Waals surface area contributed by atoms with E-state index in [1.54, 1.807) is 0 Å². The monoisotopic (exact) mass is 247 g/mol. The first kappa shape index (κ1) is 12.0. The molecule has 4 nitrogen and oxygen atoms in total. The van der Waals surface area contributed by atoms with Crippen LogP contribution >= 0.6 is 0 Å². The average Bonchev–Trinajstić information content (AvgIpc) is 2.39. The molecule has 0 saturated heterocycles. The largest absolute Gasteiger partial charge is 0.496 e. The van der Waals surface area contributed by atoms with Gasteiger partial charge in [-0.2, -0.15) is 0 Å². The Morgan fingerprint density at radius 2 is 1.89 bits per heavy atom. The summed E-state index contributed by atoms with van der Waals surface area (Å²) >= 11 is 0. The molecule has 0 N–H and O–H groups in total. The van der Waals surface area contributed by atoms with Crippen molar-refractivity contribution in [1.82, 2.24) is 4.57 Å². The van der Waals surface area contributed by atoms with Gasteiger partial charge in [0.1, 0.15) is 17.1 Å². The third-order valence-corrected chi connectivity index (χ3v) is 2.53. The molecule has 92 valence electrons. The molecule has 0 amide bonds. The molecule has 5 heteroatoms. The fourth-order valence-corrected chi connectivity index (χ4v) is 1.63. The molecule has 1 aromatic carbocycles. The van der Waals surface area contributed by atoms with Gasteiger partial charge in [-0.05, 0) is 30.3 Å². The van der Waals surface area contributed by atoms with Gasteiger partial charge >= 0.3 is 0 Å². The number of nitrogens with zero attached hydrogens (tertiary/aromatic N) is 1. The van der Waals surface area contributed by atoms with Crippen LogP contribution < -0.4 is 10.3 Å². The van der Waals surface area contributed by atoms with Crippen LogP contribution in [0.1, 0.15) is 10.4 Å². The highest BCUT2D eigenvalue weighted by molar-refractivity contribution is 5.78. The minimum Gasteiger partial charge on any atom is -0.496 e. The Kier molecular flexibility index (Phi) is 3.23. The van der Waals surface area contributed by atoms with Crippen molar-refractivity contribution in [3.05, 3.63) is 58.3 Å². The molecule has 0 aliphatic rings. The minimum absolute atomic E-state index is 0.0654. The number of hydrogen-bond acceptors (Lipinski definition) is 3. The summed E-state index contributed by atoms with van der Waals surface area (Å²) in [4.78, 5) is 22.9. The molecular weight excluding hydrogens is 237 g/mol. The van der Waals surface area contributed by atoms with Crippen molar-refractivity contribution in [2.24, 2.45) is 0 Å². The third-order valence-electron chi connectivity index (χ3n) is 2.53. The number of ether oxygens (including phenoxy) is 1. The molecule has 18 heavy (non-hydrogen) atoms. The van der Waals surface area contributed by atoms with Crippen LogP contribution in [0.3, 0.4) is 0 Å². The van der Waals surface area contributed by atoms with E-state index in [2.05, 4.69) is 0 Å². The van der Waals surface area contributed by atoms with E-state index in [0.717, 1.165) is 0 Å². The second-order valence-corrected chi connectivity index (χ2v) is 3.57. The Morgan fingerprint density at radius 3 is 2.44 bits per heavy atom. The lowest BCUT2D eigenvalue weighted by atomic mass is 10.2. The summed E-state index contributed by atoms with van der Waals surface area (Å²) in [6.07, 6.45) is 1.92. The topological polar surface area (TPSA) is 48.3 Å². The molecule has 1 aromatic heterocycles. The van der Waals surface area contributed by atoms with Gasteiger partial charge in [0, 0.05) is 11.9 Å². The molecular formula is C13H10FNO3. The molecule has 0 aliphatic carbocycles. The van der Waals surface area contributed by atoms with Crippen molar-refractivity contribution in [1.29, 1.82) is 0 Å². The maximum Gasteiger partial charge on any atom is 0.269 e. The Balaban J connectivity index is 2.63. The number of carbonyl (C=O) groups is 1. The van der Waals surface area contributed by atoms with E-state index < -0.39 is 11.4 Å². The van der Waals surface area contributed by atoms with Crippen molar-refractivity contribution in [3.63, 3.8) is 0 Å². The Labute approximate surface area is 102 Å². The number of hydrogen-bond donors (Lipinski definition) is 0. The lowest BCUT2D eigenvalue weighted by Gasteiger charge is -2.08. The van der Waals surface area contributed by atoms with Gasteiger partial charge in [0.05, 0.1) is 7.11 Å². The van der Waals surface area contributed by atoms with Crippen LogP contribution in [0.4, 0.5) is 4.39 Å². The fraction of sp³-hybridized carbons (Fsp3) is 0.0769. The number of pyridine rings is 1. The van der Waals surface area contributed by atoms with Crippen LogP contribution in [-0.4, -0.2) is 18.0 Å². The van der Waals surface area contributed by atoms with Gasteiger partial charge in [-0.15, -0.1) is 0 Å². The minimum atomic E-state index is -0.504. The third kappa shape index (κ3) is 2.02. The van der Waals surface area contributed by atoms with Crippen molar-refractivity contribution in [3.8, 4) is 11.4 Å². The summed E-state index contributed by atoms with van der Waals surface area (Å²) < 4.78 is 19.0. The smallest absolute Gasteiger partial charge is 0.269 e. The van der Waals surface area contributed by atoms with Crippen LogP contribution in [0.15, 0.2) is 41.3 Å². The van der Waals surface area contributed by atoms with E-state index in [4.69, 9.17) is 4.74 Å². The number of carbonyl (C=O) groups excluding carboxylic acids is 1.